The van der Waals surface area contributed by atoms with Crippen LogP contribution >= 0.6 is 0 Å². The SMILES string of the molecule is Cc1ccc(-n2ncc(C(=O)NCC3CCS(=O)(=O)C3)c2C)cc1. The van der Waals surface area contributed by atoms with Crippen LogP contribution in [0.3, 0.4) is 0 Å². The zero-order valence-electron chi connectivity index (χ0n) is 13.8. The van der Waals surface area contributed by atoms with E-state index in [1.165, 1.54) is 0 Å². The van der Waals surface area contributed by atoms with E-state index in [2.05, 4.69) is 10.4 Å². The number of nitrogens with zero attached hydrogens (tertiary/aromatic N) is 2. The van der Waals surface area contributed by atoms with Crippen LogP contribution in [0.4, 0.5) is 0 Å². The van der Waals surface area contributed by atoms with E-state index in [1.54, 1.807) is 10.9 Å². The molecule has 0 spiro atoms. The van der Waals surface area contributed by atoms with Gasteiger partial charge in [-0.2, -0.15) is 5.10 Å². The second-order valence-corrected chi connectivity index (χ2v) is 8.60. The van der Waals surface area contributed by atoms with Crippen LogP contribution in [0.1, 0.15) is 28.0 Å². The number of sulfone groups is 1. The average Bonchev–Trinajstić information content (AvgIpc) is 3.08. The number of benzene rings is 1. The van der Waals surface area contributed by atoms with Gasteiger partial charge in [0.25, 0.3) is 5.91 Å². The first-order valence-corrected chi connectivity index (χ1v) is 9.78. The molecule has 0 aliphatic carbocycles. The number of carbonyl (C=O) groups is 1. The molecule has 1 N–H and O–H groups in total. The number of hydrogen-bond donors (Lipinski definition) is 1. The van der Waals surface area contributed by atoms with Crippen molar-refractivity contribution in [1.82, 2.24) is 15.1 Å². The van der Waals surface area contributed by atoms with E-state index in [0.29, 0.717) is 18.5 Å². The minimum atomic E-state index is -2.92. The Morgan fingerprint density at radius 3 is 2.62 bits per heavy atom. The third kappa shape index (κ3) is 3.51. The van der Waals surface area contributed by atoms with Crippen molar-refractivity contribution >= 4 is 15.7 Å². The Hall–Kier alpha value is -2.15. The summed E-state index contributed by atoms with van der Waals surface area (Å²) in [5, 5.41) is 7.14. The molecule has 1 fully saturated rings. The fourth-order valence-electron chi connectivity index (χ4n) is 2.94. The van der Waals surface area contributed by atoms with Gasteiger partial charge >= 0.3 is 0 Å². The summed E-state index contributed by atoms with van der Waals surface area (Å²) in [6.07, 6.45) is 2.17. The Bertz CT molecular complexity index is 854. The molecule has 1 amide bonds. The number of hydrogen-bond acceptors (Lipinski definition) is 4. The van der Waals surface area contributed by atoms with Gasteiger partial charge in [-0.15, -0.1) is 0 Å². The quantitative estimate of drug-likeness (QED) is 0.912. The lowest BCUT2D eigenvalue weighted by molar-refractivity contribution is 0.0948. The molecular weight excluding hydrogens is 326 g/mol. The van der Waals surface area contributed by atoms with Crippen molar-refractivity contribution in [2.24, 2.45) is 5.92 Å². The van der Waals surface area contributed by atoms with Gasteiger partial charge in [0, 0.05) is 6.54 Å². The van der Waals surface area contributed by atoms with Gasteiger partial charge < -0.3 is 5.32 Å². The molecule has 1 aromatic heterocycles. The highest BCUT2D eigenvalue weighted by Gasteiger charge is 2.28. The Labute approximate surface area is 141 Å². The molecule has 1 aliphatic rings. The molecule has 1 aromatic carbocycles. The Morgan fingerprint density at radius 2 is 2.00 bits per heavy atom. The molecule has 0 saturated carbocycles. The number of aryl methyl sites for hydroxylation is 1. The lowest BCUT2D eigenvalue weighted by atomic mass is 10.1. The predicted molar refractivity (Wildman–Crippen MR) is 92.1 cm³/mol. The van der Waals surface area contributed by atoms with Gasteiger partial charge in [0.15, 0.2) is 9.84 Å². The number of rotatable bonds is 4. The minimum Gasteiger partial charge on any atom is -0.352 e. The summed E-state index contributed by atoms with van der Waals surface area (Å²) in [5.74, 6) is 0.175. The van der Waals surface area contributed by atoms with E-state index < -0.39 is 9.84 Å². The summed E-state index contributed by atoms with van der Waals surface area (Å²) in [7, 11) is -2.92. The van der Waals surface area contributed by atoms with E-state index in [9.17, 15) is 13.2 Å². The lowest BCUT2D eigenvalue weighted by Gasteiger charge is -2.10. The monoisotopic (exact) mass is 347 g/mol. The lowest BCUT2D eigenvalue weighted by Crippen LogP contribution is -2.30. The van der Waals surface area contributed by atoms with Crippen molar-refractivity contribution in [3.05, 3.63) is 47.3 Å². The molecule has 1 aliphatic heterocycles. The first kappa shape index (κ1) is 16.7. The maximum Gasteiger partial charge on any atom is 0.254 e. The summed E-state index contributed by atoms with van der Waals surface area (Å²) >= 11 is 0. The fraction of sp³-hybridized carbons (Fsp3) is 0.412. The van der Waals surface area contributed by atoms with Crippen molar-refractivity contribution in [1.29, 1.82) is 0 Å². The topological polar surface area (TPSA) is 81.1 Å². The third-order valence-electron chi connectivity index (χ3n) is 4.41. The molecule has 0 radical (unpaired) electrons. The number of carbonyl (C=O) groups excluding carboxylic acids is 1. The maximum atomic E-state index is 12.4. The fourth-order valence-corrected chi connectivity index (χ4v) is 4.81. The second kappa shape index (κ2) is 6.39. The zero-order chi connectivity index (χ0) is 17.3. The smallest absolute Gasteiger partial charge is 0.254 e. The van der Waals surface area contributed by atoms with Crippen molar-refractivity contribution in [2.75, 3.05) is 18.1 Å². The molecule has 2 aromatic rings. The maximum absolute atomic E-state index is 12.4. The van der Waals surface area contributed by atoms with Gasteiger partial charge in [0.2, 0.25) is 0 Å². The molecule has 128 valence electrons. The van der Waals surface area contributed by atoms with Gasteiger partial charge in [0.05, 0.1) is 34.6 Å². The van der Waals surface area contributed by atoms with Crippen LogP contribution in [0.2, 0.25) is 0 Å². The van der Waals surface area contributed by atoms with E-state index in [4.69, 9.17) is 0 Å². The largest absolute Gasteiger partial charge is 0.352 e. The molecule has 7 heteroatoms. The van der Waals surface area contributed by atoms with Crippen LogP contribution in [-0.2, 0) is 9.84 Å². The van der Waals surface area contributed by atoms with Crippen LogP contribution in [0.15, 0.2) is 30.5 Å². The summed E-state index contributed by atoms with van der Waals surface area (Å²) in [5.41, 5.74) is 3.33. The summed E-state index contributed by atoms with van der Waals surface area (Å²) in [4.78, 5) is 12.4. The predicted octanol–water partition coefficient (Wildman–Crippen LogP) is 1.65. The van der Waals surface area contributed by atoms with E-state index in [-0.39, 0.29) is 23.3 Å². The molecule has 0 bridgehead atoms. The molecule has 1 atom stereocenters. The Morgan fingerprint density at radius 1 is 1.29 bits per heavy atom. The third-order valence-corrected chi connectivity index (χ3v) is 6.25. The van der Waals surface area contributed by atoms with Gasteiger partial charge in [-0.05, 0) is 38.3 Å². The minimum absolute atomic E-state index is 0.00593. The number of aromatic nitrogens is 2. The normalized spacial score (nSPS) is 19.3. The van der Waals surface area contributed by atoms with Crippen molar-refractivity contribution in [2.45, 2.75) is 20.3 Å². The highest BCUT2D eigenvalue weighted by atomic mass is 32.2. The first-order valence-electron chi connectivity index (χ1n) is 7.96. The standard InChI is InChI=1S/C17H21N3O3S/c1-12-3-5-15(6-4-12)20-13(2)16(10-19-20)17(21)18-9-14-7-8-24(22,23)11-14/h3-6,10,14H,7-9,11H2,1-2H3,(H,18,21). The summed E-state index contributed by atoms with van der Waals surface area (Å²) in [6, 6.07) is 7.91. The molecule has 2 heterocycles. The highest BCUT2D eigenvalue weighted by Crippen LogP contribution is 2.18. The summed E-state index contributed by atoms with van der Waals surface area (Å²) < 4.78 is 24.7. The zero-order valence-corrected chi connectivity index (χ0v) is 14.6. The molecule has 1 saturated heterocycles. The van der Waals surface area contributed by atoms with Gasteiger partial charge in [-0.25, -0.2) is 13.1 Å². The second-order valence-electron chi connectivity index (χ2n) is 6.37. The van der Waals surface area contributed by atoms with Gasteiger partial charge in [-0.3, -0.25) is 4.79 Å². The molecule has 3 rings (SSSR count). The first-order chi connectivity index (χ1) is 11.4. The van der Waals surface area contributed by atoms with Crippen LogP contribution in [0, 0.1) is 19.8 Å². The molecule has 6 nitrogen and oxygen atoms in total. The Kier molecular flexibility index (Phi) is 4.45. The van der Waals surface area contributed by atoms with E-state index in [0.717, 1.165) is 16.9 Å². The van der Waals surface area contributed by atoms with E-state index >= 15 is 0 Å². The molecule has 24 heavy (non-hydrogen) atoms. The molecule has 1 unspecified atom stereocenters. The van der Waals surface area contributed by atoms with Crippen LogP contribution in [0.25, 0.3) is 5.69 Å². The van der Waals surface area contributed by atoms with Crippen LogP contribution in [0.5, 0.6) is 0 Å². The van der Waals surface area contributed by atoms with Crippen molar-refractivity contribution in [3.8, 4) is 5.69 Å². The van der Waals surface area contributed by atoms with Gasteiger partial charge in [-0.1, -0.05) is 17.7 Å². The van der Waals surface area contributed by atoms with E-state index in [1.807, 2.05) is 38.1 Å². The van der Waals surface area contributed by atoms with Crippen molar-refractivity contribution < 1.29 is 13.2 Å². The summed E-state index contributed by atoms with van der Waals surface area (Å²) in [6.45, 7) is 4.25. The average molecular weight is 347 g/mol. The number of amides is 1. The van der Waals surface area contributed by atoms with Crippen LogP contribution in [-0.4, -0.2) is 42.2 Å². The van der Waals surface area contributed by atoms with Crippen LogP contribution < -0.4 is 5.32 Å². The molecular formula is C17H21N3O3S. The Balaban J connectivity index is 1.69. The van der Waals surface area contributed by atoms with Crippen molar-refractivity contribution in [3.63, 3.8) is 0 Å². The van der Waals surface area contributed by atoms with Gasteiger partial charge in [0.1, 0.15) is 0 Å². The number of nitrogens with one attached hydrogen (secondary N) is 1. The highest BCUT2D eigenvalue weighted by molar-refractivity contribution is 7.91.